The monoisotopic (exact) mass is 292 g/mol. The molecular weight excluding hydrogens is 276 g/mol. The molecule has 0 aliphatic rings. The largest absolute Gasteiger partial charge is 0.477 e. The van der Waals surface area contributed by atoms with Gasteiger partial charge >= 0.3 is 5.97 Å². The molecule has 6 nitrogen and oxygen atoms in total. The molecule has 3 N–H and O–H groups in total. The minimum atomic E-state index is -3.66. The van der Waals surface area contributed by atoms with E-state index >= 15 is 0 Å². The van der Waals surface area contributed by atoms with Gasteiger partial charge in [0.2, 0.25) is 10.0 Å². The lowest BCUT2D eigenvalue weighted by Gasteiger charge is -2.06. The first kappa shape index (κ1) is 15.1. The second-order valence-electron chi connectivity index (χ2n) is 3.77. The average molecular weight is 292 g/mol. The number of aromatic amines is 1. The molecule has 0 bridgehead atoms. The maximum atomic E-state index is 12.1. The van der Waals surface area contributed by atoms with Gasteiger partial charge in [0.15, 0.2) is 0 Å². The highest BCUT2D eigenvalue weighted by Gasteiger charge is 2.25. The number of hydrogen-bond acceptors (Lipinski definition) is 4. The number of sulfonamides is 1. The van der Waals surface area contributed by atoms with Crippen LogP contribution in [0.5, 0.6) is 0 Å². The highest BCUT2D eigenvalue weighted by atomic mass is 32.2. The van der Waals surface area contributed by atoms with Crippen LogP contribution in [0.3, 0.4) is 0 Å². The summed E-state index contributed by atoms with van der Waals surface area (Å²) in [5.41, 5.74) is 0.482. The van der Waals surface area contributed by atoms with E-state index in [1.54, 1.807) is 6.92 Å². The van der Waals surface area contributed by atoms with E-state index in [0.717, 1.165) is 0 Å². The van der Waals surface area contributed by atoms with E-state index in [1.807, 2.05) is 6.26 Å². The fraction of sp³-hybridized carbons (Fsp3) is 0.500. The third kappa shape index (κ3) is 3.06. The summed E-state index contributed by atoms with van der Waals surface area (Å²) in [6, 6.07) is 0. The summed E-state index contributed by atoms with van der Waals surface area (Å²) in [6.45, 7) is 3.34. The number of thioether (sulfide) groups is 1. The van der Waals surface area contributed by atoms with Crippen LogP contribution in [0.1, 0.15) is 21.7 Å². The Morgan fingerprint density at radius 1 is 1.44 bits per heavy atom. The van der Waals surface area contributed by atoms with Crippen molar-refractivity contribution in [3.63, 3.8) is 0 Å². The average Bonchev–Trinajstić information content (AvgIpc) is 2.55. The molecule has 0 amide bonds. The van der Waals surface area contributed by atoms with Crippen LogP contribution >= 0.6 is 11.8 Å². The van der Waals surface area contributed by atoms with Gasteiger partial charge in [0.05, 0.1) is 0 Å². The molecule has 1 aromatic heterocycles. The van der Waals surface area contributed by atoms with Crippen molar-refractivity contribution in [2.45, 2.75) is 18.7 Å². The Labute approximate surface area is 110 Å². The highest BCUT2D eigenvalue weighted by Crippen LogP contribution is 2.22. The van der Waals surface area contributed by atoms with Crippen LogP contribution in [0.4, 0.5) is 0 Å². The molecule has 0 unspecified atom stereocenters. The van der Waals surface area contributed by atoms with Gasteiger partial charge < -0.3 is 10.1 Å². The van der Waals surface area contributed by atoms with Crippen molar-refractivity contribution in [2.24, 2.45) is 0 Å². The van der Waals surface area contributed by atoms with Gasteiger partial charge in [-0.3, -0.25) is 0 Å². The molecule has 0 spiro atoms. The molecule has 1 aromatic rings. The maximum Gasteiger partial charge on any atom is 0.352 e. The van der Waals surface area contributed by atoms with E-state index in [4.69, 9.17) is 5.11 Å². The number of H-pyrrole nitrogens is 1. The molecule has 0 aromatic carbocycles. The Morgan fingerprint density at radius 3 is 2.50 bits per heavy atom. The van der Waals surface area contributed by atoms with E-state index in [9.17, 15) is 13.2 Å². The van der Waals surface area contributed by atoms with Gasteiger partial charge in [-0.05, 0) is 20.1 Å². The van der Waals surface area contributed by atoms with Gasteiger partial charge in [-0.25, -0.2) is 17.9 Å². The normalized spacial score (nSPS) is 11.7. The first-order chi connectivity index (χ1) is 8.31. The molecule has 0 saturated carbocycles. The van der Waals surface area contributed by atoms with Crippen molar-refractivity contribution < 1.29 is 18.3 Å². The quantitative estimate of drug-likeness (QED) is 0.679. The van der Waals surface area contributed by atoms with E-state index in [0.29, 0.717) is 18.0 Å². The van der Waals surface area contributed by atoms with E-state index in [1.165, 1.54) is 18.7 Å². The molecular formula is C10H16N2O4S2. The summed E-state index contributed by atoms with van der Waals surface area (Å²) in [5.74, 6) is -0.505. The summed E-state index contributed by atoms with van der Waals surface area (Å²) in [5, 5.41) is 8.93. The summed E-state index contributed by atoms with van der Waals surface area (Å²) in [4.78, 5) is 13.5. The fourth-order valence-electron chi connectivity index (χ4n) is 1.70. The molecule has 1 rings (SSSR count). The Morgan fingerprint density at radius 2 is 2.06 bits per heavy atom. The molecule has 0 aliphatic heterocycles. The Hall–Kier alpha value is -0.990. The molecule has 0 saturated heterocycles. The summed E-state index contributed by atoms with van der Waals surface area (Å²) in [7, 11) is -3.66. The lowest BCUT2D eigenvalue weighted by Crippen LogP contribution is -2.26. The third-order valence-electron chi connectivity index (χ3n) is 2.45. The number of aromatic carboxylic acids is 1. The summed E-state index contributed by atoms with van der Waals surface area (Å²) >= 11 is 1.53. The van der Waals surface area contributed by atoms with Crippen LogP contribution in [0.2, 0.25) is 0 Å². The standard InChI is InChI=1S/C10H16N2O4S2/c1-6-8(10(13)14)12-7(2)9(6)18(15,16)11-4-5-17-3/h11-12H,4-5H2,1-3H3,(H,13,14). The minimum absolute atomic E-state index is 0.0287. The number of rotatable bonds is 6. The van der Waals surface area contributed by atoms with E-state index in [2.05, 4.69) is 9.71 Å². The number of aryl methyl sites for hydroxylation is 1. The molecule has 18 heavy (non-hydrogen) atoms. The van der Waals surface area contributed by atoms with Crippen molar-refractivity contribution in [3.8, 4) is 0 Å². The predicted octanol–water partition coefficient (Wildman–Crippen LogP) is 0.971. The lowest BCUT2D eigenvalue weighted by molar-refractivity contribution is 0.0690. The van der Waals surface area contributed by atoms with Gasteiger partial charge in [-0.1, -0.05) is 0 Å². The Bertz CT molecular complexity index is 548. The van der Waals surface area contributed by atoms with Crippen LogP contribution in [-0.2, 0) is 10.0 Å². The summed E-state index contributed by atoms with van der Waals surface area (Å²) < 4.78 is 26.6. The van der Waals surface area contributed by atoms with Crippen LogP contribution in [0.15, 0.2) is 4.90 Å². The minimum Gasteiger partial charge on any atom is -0.477 e. The fourth-order valence-corrected chi connectivity index (χ4v) is 3.61. The number of nitrogens with one attached hydrogen (secondary N) is 2. The second-order valence-corrected chi connectivity index (χ2v) is 6.46. The zero-order valence-corrected chi connectivity index (χ0v) is 12.0. The molecule has 8 heteroatoms. The van der Waals surface area contributed by atoms with Gasteiger partial charge in [0.25, 0.3) is 0 Å². The van der Waals surface area contributed by atoms with Gasteiger partial charge in [-0.2, -0.15) is 11.8 Å². The number of carboxylic acids is 1. The number of carbonyl (C=O) groups is 1. The van der Waals surface area contributed by atoms with Crippen LogP contribution in [-0.4, -0.2) is 43.0 Å². The molecule has 1 heterocycles. The van der Waals surface area contributed by atoms with Crippen LogP contribution in [0, 0.1) is 13.8 Å². The van der Waals surface area contributed by atoms with Crippen LogP contribution < -0.4 is 4.72 Å². The number of hydrogen-bond donors (Lipinski definition) is 3. The SMILES string of the molecule is CSCCNS(=O)(=O)c1c(C)[nH]c(C(=O)O)c1C. The van der Waals surface area contributed by atoms with Crippen molar-refractivity contribution in [1.82, 2.24) is 9.71 Å². The number of carboxylic acid groups (broad SMARTS) is 1. The lowest BCUT2D eigenvalue weighted by atomic mass is 10.2. The van der Waals surface area contributed by atoms with Crippen molar-refractivity contribution >= 4 is 27.8 Å². The maximum absolute atomic E-state index is 12.1. The molecule has 0 radical (unpaired) electrons. The van der Waals surface area contributed by atoms with Crippen molar-refractivity contribution in [1.29, 1.82) is 0 Å². The molecule has 0 atom stereocenters. The second kappa shape index (κ2) is 5.77. The first-order valence-electron chi connectivity index (χ1n) is 5.22. The Balaban J connectivity index is 3.13. The van der Waals surface area contributed by atoms with E-state index in [-0.39, 0.29) is 16.2 Å². The third-order valence-corrected chi connectivity index (χ3v) is 4.80. The smallest absolute Gasteiger partial charge is 0.352 e. The van der Waals surface area contributed by atoms with Gasteiger partial charge in [0, 0.05) is 23.6 Å². The zero-order valence-electron chi connectivity index (χ0n) is 10.4. The zero-order chi connectivity index (χ0) is 13.9. The first-order valence-corrected chi connectivity index (χ1v) is 8.10. The van der Waals surface area contributed by atoms with Gasteiger partial charge in [-0.15, -0.1) is 0 Å². The highest BCUT2D eigenvalue weighted by molar-refractivity contribution is 7.98. The van der Waals surface area contributed by atoms with Crippen molar-refractivity contribution in [3.05, 3.63) is 17.0 Å². The topological polar surface area (TPSA) is 99.3 Å². The Kier molecular flexibility index (Phi) is 4.83. The van der Waals surface area contributed by atoms with Crippen molar-refractivity contribution in [2.75, 3.05) is 18.6 Å². The predicted molar refractivity (Wildman–Crippen MR) is 70.8 cm³/mol. The van der Waals surface area contributed by atoms with Gasteiger partial charge in [0.1, 0.15) is 10.6 Å². The molecule has 102 valence electrons. The molecule has 0 aliphatic carbocycles. The summed E-state index contributed by atoms with van der Waals surface area (Å²) in [6.07, 6.45) is 1.88. The number of aromatic nitrogens is 1. The molecule has 0 fully saturated rings. The van der Waals surface area contributed by atoms with E-state index < -0.39 is 16.0 Å². The van der Waals surface area contributed by atoms with Crippen LogP contribution in [0.25, 0.3) is 0 Å².